The van der Waals surface area contributed by atoms with Crippen LogP contribution in [-0.4, -0.2) is 37.1 Å². The minimum absolute atomic E-state index is 0.00758. The van der Waals surface area contributed by atoms with E-state index in [1.165, 1.54) is 0 Å². The molecule has 138 valence electrons. The lowest BCUT2D eigenvalue weighted by molar-refractivity contribution is 0.0898. The van der Waals surface area contributed by atoms with Crippen molar-refractivity contribution >= 4 is 22.9 Å². The molecule has 0 aliphatic carbocycles. The molecule has 0 saturated carbocycles. The van der Waals surface area contributed by atoms with Crippen molar-refractivity contribution in [1.82, 2.24) is 4.98 Å². The van der Waals surface area contributed by atoms with Crippen LogP contribution in [0.25, 0.3) is 11.1 Å². The molecule has 0 N–H and O–H groups in total. The quantitative estimate of drug-likeness (QED) is 0.661. The third-order valence-electron chi connectivity index (χ3n) is 5.25. The standard InChI is InChI=1S/C21H20N2O4/c24-20(15-5-6-18-19(13-15)26-12-11-25-18)14-7-9-23(10-8-14)21-22-16-3-1-2-4-17(16)27-21/h1-6,13-14H,7-12H2. The Bertz CT molecular complexity index is 956. The number of carbonyl (C=O) groups excluding carboxylic acids is 1. The topological polar surface area (TPSA) is 64.8 Å². The van der Waals surface area contributed by atoms with Gasteiger partial charge in [-0.05, 0) is 43.2 Å². The molecule has 3 heterocycles. The van der Waals surface area contributed by atoms with E-state index in [9.17, 15) is 4.79 Å². The second kappa shape index (κ2) is 6.61. The Morgan fingerprint density at radius 3 is 2.59 bits per heavy atom. The predicted molar refractivity (Wildman–Crippen MR) is 101 cm³/mol. The minimum Gasteiger partial charge on any atom is -0.486 e. The summed E-state index contributed by atoms with van der Waals surface area (Å²) in [5.41, 5.74) is 2.35. The first-order valence-corrected chi connectivity index (χ1v) is 9.32. The largest absolute Gasteiger partial charge is 0.486 e. The number of piperidine rings is 1. The van der Waals surface area contributed by atoms with Gasteiger partial charge in [-0.3, -0.25) is 4.79 Å². The van der Waals surface area contributed by atoms with Gasteiger partial charge in [0.15, 0.2) is 22.9 Å². The third kappa shape index (κ3) is 3.01. The molecule has 2 aromatic carbocycles. The summed E-state index contributed by atoms with van der Waals surface area (Å²) in [7, 11) is 0. The van der Waals surface area contributed by atoms with Crippen LogP contribution in [0.15, 0.2) is 46.9 Å². The maximum absolute atomic E-state index is 12.9. The normalized spacial score (nSPS) is 17.3. The van der Waals surface area contributed by atoms with Crippen molar-refractivity contribution in [3.05, 3.63) is 48.0 Å². The summed E-state index contributed by atoms with van der Waals surface area (Å²) in [5.74, 6) is 1.55. The van der Waals surface area contributed by atoms with Gasteiger partial charge in [-0.1, -0.05) is 12.1 Å². The van der Waals surface area contributed by atoms with E-state index in [1.807, 2.05) is 42.5 Å². The zero-order chi connectivity index (χ0) is 18.2. The lowest BCUT2D eigenvalue weighted by atomic mass is 9.89. The summed E-state index contributed by atoms with van der Waals surface area (Å²) < 4.78 is 17.0. The summed E-state index contributed by atoms with van der Waals surface area (Å²) in [6, 6.07) is 13.9. The fourth-order valence-corrected chi connectivity index (χ4v) is 3.76. The van der Waals surface area contributed by atoms with Gasteiger partial charge < -0.3 is 18.8 Å². The van der Waals surface area contributed by atoms with Gasteiger partial charge >= 0.3 is 0 Å². The van der Waals surface area contributed by atoms with Crippen molar-refractivity contribution in [2.45, 2.75) is 12.8 Å². The van der Waals surface area contributed by atoms with Crippen LogP contribution in [0.3, 0.4) is 0 Å². The highest BCUT2D eigenvalue weighted by molar-refractivity contribution is 5.98. The van der Waals surface area contributed by atoms with Crippen LogP contribution >= 0.6 is 0 Å². The van der Waals surface area contributed by atoms with E-state index in [4.69, 9.17) is 13.9 Å². The smallest absolute Gasteiger partial charge is 0.298 e. The van der Waals surface area contributed by atoms with Crippen LogP contribution in [0.4, 0.5) is 6.01 Å². The van der Waals surface area contributed by atoms with Crippen molar-refractivity contribution in [3.8, 4) is 11.5 Å². The number of aromatic nitrogens is 1. The zero-order valence-corrected chi connectivity index (χ0v) is 14.9. The first-order valence-electron chi connectivity index (χ1n) is 9.32. The highest BCUT2D eigenvalue weighted by atomic mass is 16.6. The van der Waals surface area contributed by atoms with Crippen molar-refractivity contribution < 1.29 is 18.7 Å². The van der Waals surface area contributed by atoms with E-state index >= 15 is 0 Å². The van der Waals surface area contributed by atoms with Crippen LogP contribution < -0.4 is 14.4 Å². The van der Waals surface area contributed by atoms with Crippen molar-refractivity contribution in [2.75, 3.05) is 31.2 Å². The number of oxazole rings is 1. The number of Topliss-reactive ketones (excluding diaryl/α,β-unsaturated/α-hetero) is 1. The van der Waals surface area contributed by atoms with E-state index in [0.717, 1.165) is 37.0 Å². The number of hydrogen-bond donors (Lipinski definition) is 0. The number of carbonyl (C=O) groups is 1. The molecule has 2 aliphatic rings. The Hall–Kier alpha value is -3.02. The molecular formula is C21H20N2O4. The number of anilines is 1. The Balaban J connectivity index is 1.28. The molecular weight excluding hydrogens is 344 g/mol. The molecule has 1 aromatic heterocycles. The summed E-state index contributed by atoms with van der Waals surface area (Å²) in [4.78, 5) is 19.6. The average molecular weight is 364 g/mol. The maximum Gasteiger partial charge on any atom is 0.298 e. The molecule has 5 rings (SSSR count). The number of rotatable bonds is 3. The molecule has 6 heteroatoms. The molecule has 6 nitrogen and oxygen atoms in total. The van der Waals surface area contributed by atoms with Gasteiger partial charge in [0.25, 0.3) is 6.01 Å². The number of ether oxygens (including phenoxy) is 2. The number of nitrogens with zero attached hydrogens (tertiary/aromatic N) is 2. The van der Waals surface area contributed by atoms with Gasteiger partial charge in [0.1, 0.15) is 18.7 Å². The summed E-state index contributed by atoms with van der Waals surface area (Å²) in [5, 5.41) is 0. The summed E-state index contributed by atoms with van der Waals surface area (Å²) in [6.07, 6.45) is 1.57. The molecule has 0 amide bonds. The van der Waals surface area contributed by atoms with Crippen LogP contribution in [0.1, 0.15) is 23.2 Å². The second-order valence-corrected chi connectivity index (χ2v) is 6.95. The van der Waals surface area contributed by atoms with Crippen LogP contribution in [-0.2, 0) is 0 Å². The van der Waals surface area contributed by atoms with Gasteiger partial charge in [-0.2, -0.15) is 4.98 Å². The Morgan fingerprint density at radius 2 is 1.78 bits per heavy atom. The highest BCUT2D eigenvalue weighted by Gasteiger charge is 2.28. The van der Waals surface area contributed by atoms with E-state index in [1.54, 1.807) is 0 Å². The van der Waals surface area contributed by atoms with Crippen LogP contribution in [0.2, 0.25) is 0 Å². The fourth-order valence-electron chi connectivity index (χ4n) is 3.76. The number of fused-ring (bicyclic) bond motifs is 2. The molecule has 2 aliphatic heterocycles. The molecule has 0 spiro atoms. The number of para-hydroxylation sites is 2. The van der Waals surface area contributed by atoms with E-state index < -0.39 is 0 Å². The predicted octanol–water partition coefficient (Wildman–Crippen LogP) is 3.70. The fraction of sp³-hybridized carbons (Fsp3) is 0.333. The molecule has 0 atom stereocenters. The Labute approximate surface area is 156 Å². The first-order chi connectivity index (χ1) is 13.3. The number of benzene rings is 2. The summed E-state index contributed by atoms with van der Waals surface area (Å²) in [6.45, 7) is 2.59. The van der Waals surface area contributed by atoms with Crippen molar-refractivity contribution in [3.63, 3.8) is 0 Å². The molecule has 0 unspecified atom stereocenters. The van der Waals surface area contributed by atoms with Crippen molar-refractivity contribution in [2.24, 2.45) is 5.92 Å². The Morgan fingerprint density at radius 1 is 1.00 bits per heavy atom. The zero-order valence-electron chi connectivity index (χ0n) is 14.9. The van der Waals surface area contributed by atoms with Gasteiger partial charge in [0.2, 0.25) is 0 Å². The highest BCUT2D eigenvalue weighted by Crippen LogP contribution is 2.33. The monoisotopic (exact) mass is 364 g/mol. The number of hydrogen-bond acceptors (Lipinski definition) is 6. The average Bonchev–Trinajstić information content (AvgIpc) is 3.17. The van der Waals surface area contributed by atoms with Gasteiger partial charge in [-0.25, -0.2) is 0 Å². The first kappa shape index (κ1) is 16.2. The van der Waals surface area contributed by atoms with E-state index in [2.05, 4.69) is 9.88 Å². The summed E-state index contributed by atoms with van der Waals surface area (Å²) >= 11 is 0. The van der Waals surface area contributed by atoms with E-state index in [0.29, 0.717) is 36.3 Å². The van der Waals surface area contributed by atoms with Crippen LogP contribution in [0, 0.1) is 5.92 Å². The lowest BCUT2D eigenvalue weighted by Gasteiger charge is -2.30. The van der Waals surface area contributed by atoms with Gasteiger partial charge in [0, 0.05) is 24.6 Å². The van der Waals surface area contributed by atoms with Crippen molar-refractivity contribution in [1.29, 1.82) is 0 Å². The van der Waals surface area contributed by atoms with E-state index in [-0.39, 0.29) is 11.7 Å². The molecule has 1 saturated heterocycles. The number of ketones is 1. The molecule has 1 fully saturated rings. The molecule has 27 heavy (non-hydrogen) atoms. The molecule has 3 aromatic rings. The lowest BCUT2D eigenvalue weighted by Crippen LogP contribution is -2.36. The minimum atomic E-state index is 0.00758. The Kier molecular flexibility index (Phi) is 3.96. The SMILES string of the molecule is O=C(c1ccc2c(c1)OCCO2)C1CCN(c2nc3ccccc3o2)CC1. The molecule has 0 bridgehead atoms. The molecule has 0 radical (unpaired) electrons. The third-order valence-corrected chi connectivity index (χ3v) is 5.25. The van der Waals surface area contributed by atoms with Gasteiger partial charge in [0.05, 0.1) is 0 Å². The maximum atomic E-state index is 12.9. The van der Waals surface area contributed by atoms with Gasteiger partial charge in [-0.15, -0.1) is 0 Å². The second-order valence-electron chi connectivity index (χ2n) is 6.95. The van der Waals surface area contributed by atoms with Crippen LogP contribution in [0.5, 0.6) is 11.5 Å².